The van der Waals surface area contributed by atoms with Crippen molar-refractivity contribution in [1.29, 1.82) is 0 Å². The summed E-state index contributed by atoms with van der Waals surface area (Å²) in [5.41, 5.74) is 2.16. The Morgan fingerprint density at radius 2 is 1.94 bits per heavy atom. The molecule has 4 heteroatoms. The summed E-state index contributed by atoms with van der Waals surface area (Å²) in [5, 5.41) is 11.5. The Morgan fingerprint density at radius 1 is 1.18 bits per heavy atom. The number of hydrogen-bond donors (Lipinski definition) is 1. The number of rotatable bonds is 4. The van der Waals surface area contributed by atoms with Crippen molar-refractivity contribution in [3.05, 3.63) is 39.2 Å². The highest BCUT2D eigenvalue weighted by Gasteiger charge is 2.01. The van der Waals surface area contributed by atoms with Gasteiger partial charge in [-0.25, -0.2) is 0 Å². The van der Waals surface area contributed by atoms with E-state index in [1.54, 1.807) is 0 Å². The van der Waals surface area contributed by atoms with Crippen molar-refractivity contribution in [1.82, 2.24) is 10.2 Å². The first-order valence-corrected chi connectivity index (χ1v) is 6.63. The molecule has 0 saturated carbocycles. The largest absolute Gasteiger partial charge is 0.364 e. The van der Waals surface area contributed by atoms with Crippen molar-refractivity contribution in [2.45, 2.75) is 33.7 Å². The van der Waals surface area contributed by atoms with Crippen LogP contribution >= 0.6 is 11.3 Å². The van der Waals surface area contributed by atoms with Crippen LogP contribution in [0.5, 0.6) is 0 Å². The summed E-state index contributed by atoms with van der Waals surface area (Å²) in [5.74, 6) is 0.847. The zero-order valence-corrected chi connectivity index (χ0v) is 11.3. The molecule has 0 spiro atoms. The summed E-state index contributed by atoms with van der Waals surface area (Å²) < 4.78 is 0. The van der Waals surface area contributed by atoms with Crippen molar-refractivity contribution < 1.29 is 0 Å². The molecule has 0 aliphatic rings. The molecule has 0 unspecified atom stereocenters. The molecule has 0 saturated heterocycles. The van der Waals surface area contributed by atoms with Gasteiger partial charge >= 0.3 is 0 Å². The van der Waals surface area contributed by atoms with Crippen LogP contribution in [-0.4, -0.2) is 10.2 Å². The molecule has 0 aliphatic heterocycles. The van der Waals surface area contributed by atoms with Crippen molar-refractivity contribution in [2.24, 2.45) is 0 Å². The van der Waals surface area contributed by atoms with Gasteiger partial charge in [-0.1, -0.05) is 6.92 Å². The van der Waals surface area contributed by atoms with E-state index >= 15 is 0 Å². The predicted octanol–water partition coefficient (Wildman–Crippen LogP) is 3.33. The van der Waals surface area contributed by atoms with E-state index in [-0.39, 0.29) is 0 Å². The zero-order chi connectivity index (χ0) is 12.3. The highest BCUT2D eigenvalue weighted by Crippen LogP contribution is 2.18. The molecule has 3 nitrogen and oxygen atoms in total. The lowest BCUT2D eigenvalue weighted by atomic mass is 10.2. The van der Waals surface area contributed by atoms with Gasteiger partial charge < -0.3 is 5.32 Å². The fourth-order valence-corrected chi connectivity index (χ4v) is 2.42. The van der Waals surface area contributed by atoms with Gasteiger partial charge in [0, 0.05) is 9.75 Å². The topological polar surface area (TPSA) is 37.8 Å². The lowest BCUT2D eigenvalue weighted by Gasteiger charge is -2.05. The van der Waals surface area contributed by atoms with Crippen LogP contribution < -0.4 is 5.32 Å². The predicted molar refractivity (Wildman–Crippen MR) is 72.5 cm³/mol. The maximum Gasteiger partial charge on any atom is 0.149 e. The summed E-state index contributed by atoms with van der Waals surface area (Å²) in [6, 6.07) is 6.40. The van der Waals surface area contributed by atoms with E-state index in [2.05, 4.69) is 41.5 Å². The Morgan fingerprint density at radius 3 is 2.59 bits per heavy atom. The van der Waals surface area contributed by atoms with Crippen LogP contribution in [-0.2, 0) is 13.0 Å². The third kappa shape index (κ3) is 3.03. The Kier molecular flexibility index (Phi) is 3.74. The molecule has 0 amide bonds. The minimum atomic E-state index is 0.821. The normalized spacial score (nSPS) is 10.5. The molecular weight excluding hydrogens is 230 g/mol. The molecule has 17 heavy (non-hydrogen) atoms. The minimum Gasteiger partial charge on any atom is -0.364 e. The molecule has 2 aromatic rings. The third-order valence-electron chi connectivity index (χ3n) is 2.74. The molecule has 2 heterocycles. The van der Waals surface area contributed by atoms with Crippen LogP contribution in [0.1, 0.15) is 27.9 Å². The van der Waals surface area contributed by atoms with E-state index in [1.807, 2.05) is 24.3 Å². The number of anilines is 1. The van der Waals surface area contributed by atoms with Crippen LogP contribution in [0, 0.1) is 13.8 Å². The summed E-state index contributed by atoms with van der Waals surface area (Å²) in [4.78, 5) is 2.76. The average molecular weight is 247 g/mol. The molecular formula is C13H17N3S. The molecule has 0 aromatic carbocycles. The van der Waals surface area contributed by atoms with Gasteiger partial charge in [0.25, 0.3) is 0 Å². The number of aromatic nitrogens is 2. The smallest absolute Gasteiger partial charge is 0.149 e. The molecule has 1 N–H and O–H groups in total. The maximum atomic E-state index is 4.12. The van der Waals surface area contributed by atoms with E-state index in [9.17, 15) is 0 Å². The second-order valence-electron chi connectivity index (χ2n) is 4.07. The molecule has 0 atom stereocenters. The van der Waals surface area contributed by atoms with Crippen molar-refractivity contribution >= 4 is 17.2 Å². The van der Waals surface area contributed by atoms with Gasteiger partial charge in [-0.15, -0.1) is 16.4 Å². The van der Waals surface area contributed by atoms with E-state index in [1.165, 1.54) is 15.3 Å². The number of thiophene rings is 1. The van der Waals surface area contributed by atoms with Gasteiger partial charge in [0.15, 0.2) is 0 Å². The highest BCUT2D eigenvalue weighted by atomic mass is 32.1. The molecule has 0 radical (unpaired) electrons. The van der Waals surface area contributed by atoms with Gasteiger partial charge in [0.05, 0.1) is 12.2 Å². The maximum absolute atomic E-state index is 4.12. The lowest BCUT2D eigenvalue weighted by Crippen LogP contribution is -2.02. The van der Waals surface area contributed by atoms with Gasteiger partial charge in [-0.2, -0.15) is 5.10 Å². The molecule has 0 aliphatic carbocycles. The summed E-state index contributed by atoms with van der Waals surface area (Å²) in [6.07, 6.45) is 1.11. The average Bonchev–Trinajstić information content (AvgIpc) is 2.79. The first kappa shape index (κ1) is 12.0. The SMILES string of the molecule is CCc1ccc(CNc2cc(C)c(C)nn2)s1. The van der Waals surface area contributed by atoms with Gasteiger partial charge in [-0.3, -0.25) is 0 Å². The van der Waals surface area contributed by atoms with Gasteiger partial charge in [0.2, 0.25) is 0 Å². The number of nitrogens with one attached hydrogen (secondary N) is 1. The van der Waals surface area contributed by atoms with E-state index in [0.717, 1.165) is 24.5 Å². The molecule has 0 fully saturated rings. The summed E-state index contributed by atoms with van der Waals surface area (Å²) in [7, 11) is 0. The van der Waals surface area contributed by atoms with Crippen LogP contribution in [0.25, 0.3) is 0 Å². The van der Waals surface area contributed by atoms with Crippen molar-refractivity contribution in [3.63, 3.8) is 0 Å². The molecule has 2 rings (SSSR count). The van der Waals surface area contributed by atoms with Gasteiger partial charge in [-0.05, 0) is 44.0 Å². The Hall–Kier alpha value is -1.42. The van der Waals surface area contributed by atoms with Crippen LogP contribution in [0.4, 0.5) is 5.82 Å². The zero-order valence-electron chi connectivity index (χ0n) is 10.4. The second kappa shape index (κ2) is 5.27. The second-order valence-corrected chi connectivity index (χ2v) is 5.33. The third-order valence-corrected chi connectivity index (χ3v) is 3.97. The van der Waals surface area contributed by atoms with Gasteiger partial charge in [0.1, 0.15) is 5.82 Å². The first-order valence-electron chi connectivity index (χ1n) is 5.81. The van der Waals surface area contributed by atoms with Crippen molar-refractivity contribution in [3.8, 4) is 0 Å². The minimum absolute atomic E-state index is 0.821. The fraction of sp³-hybridized carbons (Fsp3) is 0.385. The Balaban J connectivity index is 1.99. The number of hydrogen-bond acceptors (Lipinski definition) is 4. The lowest BCUT2D eigenvalue weighted by molar-refractivity contribution is 0.950. The highest BCUT2D eigenvalue weighted by molar-refractivity contribution is 7.12. The monoisotopic (exact) mass is 247 g/mol. The summed E-state index contributed by atoms with van der Waals surface area (Å²) >= 11 is 1.85. The van der Waals surface area contributed by atoms with E-state index in [4.69, 9.17) is 0 Å². The van der Waals surface area contributed by atoms with E-state index < -0.39 is 0 Å². The molecule has 0 bridgehead atoms. The Bertz CT molecular complexity index is 505. The number of aryl methyl sites for hydroxylation is 3. The van der Waals surface area contributed by atoms with Crippen LogP contribution in [0.15, 0.2) is 18.2 Å². The van der Waals surface area contributed by atoms with Crippen LogP contribution in [0.2, 0.25) is 0 Å². The van der Waals surface area contributed by atoms with E-state index in [0.29, 0.717) is 0 Å². The molecule has 90 valence electrons. The molecule has 2 aromatic heterocycles. The Labute approximate surface area is 106 Å². The summed E-state index contributed by atoms with van der Waals surface area (Å²) in [6.45, 7) is 7.02. The fourth-order valence-electron chi connectivity index (χ4n) is 1.52. The van der Waals surface area contributed by atoms with Crippen LogP contribution in [0.3, 0.4) is 0 Å². The standard InChI is InChI=1S/C13H17N3S/c1-4-11-5-6-12(17-11)8-14-13-7-9(2)10(3)15-16-13/h5-7H,4,8H2,1-3H3,(H,14,16). The first-order chi connectivity index (χ1) is 8.19. The quantitative estimate of drug-likeness (QED) is 0.900. The number of nitrogens with zero attached hydrogens (tertiary/aromatic N) is 2. The van der Waals surface area contributed by atoms with Crippen molar-refractivity contribution in [2.75, 3.05) is 5.32 Å².